The first kappa shape index (κ1) is 15.5. The van der Waals surface area contributed by atoms with E-state index in [0.29, 0.717) is 23.0 Å². The molecular formula is C14H23BrN4O. The van der Waals surface area contributed by atoms with Crippen molar-refractivity contribution in [1.29, 1.82) is 0 Å². The summed E-state index contributed by atoms with van der Waals surface area (Å²) in [4.78, 5) is 14.6. The van der Waals surface area contributed by atoms with Gasteiger partial charge >= 0.3 is 0 Å². The van der Waals surface area contributed by atoms with E-state index >= 15 is 0 Å². The van der Waals surface area contributed by atoms with Crippen LogP contribution in [-0.2, 0) is 6.54 Å². The third-order valence-corrected chi connectivity index (χ3v) is 4.48. The minimum atomic E-state index is -0.0572. The lowest BCUT2D eigenvalue weighted by Gasteiger charge is -2.38. The van der Waals surface area contributed by atoms with Crippen molar-refractivity contribution in [2.75, 3.05) is 11.4 Å². The highest BCUT2D eigenvalue weighted by molar-refractivity contribution is 9.10. The van der Waals surface area contributed by atoms with Crippen LogP contribution in [0.2, 0.25) is 0 Å². The molecule has 0 amide bonds. The minimum absolute atomic E-state index is 0.0572. The zero-order valence-corrected chi connectivity index (χ0v) is 13.9. The van der Waals surface area contributed by atoms with Crippen LogP contribution < -0.4 is 16.2 Å². The summed E-state index contributed by atoms with van der Waals surface area (Å²) in [6.07, 6.45) is 3.69. The quantitative estimate of drug-likeness (QED) is 0.912. The van der Waals surface area contributed by atoms with Crippen LogP contribution in [0.5, 0.6) is 0 Å². The minimum Gasteiger partial charge on any atom is -0.366 e. The van der Waals surface area contributed by atoms with Gasteiger partial charge in [0.05, 0.1) is 11.9 Å². The van der Waals surface area contributed by atoms with Crippen LogP contribution in [-0.4, -0.2) is 28.4 Å². The fraction of sp³-hybridized carbons (Fsp3) is 0.714. The molecule has 0 bridgehead atoms. The molecule has 2 unspecified atom stereocenters. The van der Waals surface area contributed by atoms with Crippen LogP contribution in [0.25, 0.3) is 0 Å². The summed E-state index contributed by atoms with van der Waals surface area (Å²) in [5.74, 6) is 0.393. The van der Waals surface area contributed by atoms with Crippen molar-refractivity contribution >= 4 is 21.6 Å². The molecule has 1 saturated heterocycles. The number of halogens is 1. The third-order valence-electron chi connectivity index (χ3n) is 3.73. The molecule has 2 atom stereocenters. The lowest BCUT2D eigenvalue weighted by atomic mass is 9.99. The van der Waals surface area contributed by atoms with Crippen molar-refractivity contribution in [3.63, 3.8) is 0 Å². The van der Waals surface area contributed by atoms with Gasteiger partial charge in [0.25, 0.3) is 5.56 Å². The van der Waals surface area contributed by atoms with Crippen molar-refractivity contribution in [3.05, 3.63) is 21.0 Å². The van der Waals surface area contributed by atoms with Gasteiger partial charge in [0, 0.05) is 25.2 Å². The van der Waals surface area contributed by atoms with E-state index in [1.807, 2.05) is 0 Å². The van der Waals surface area contributed by atoms with Crippen LogP contribution in [0, 0.1) is 5.92 Å². The van der Waals surface area contributed by atoms with Gasteiger partial charge in [-0.15, -0.1) is 0 Å². The second-order valence-corrected chi connectivity index (χ2v) is 6.84. The molecule has 0 saturated carbocycles. The summed E-state index contributed by atoms with van der Waals surface area (Å²) in [7, 11) is 0. The van der Waals surface area contributed by atoms with E-state index in [-0.39, 0.29) is 11.6 Å². The predicted octanol–water partition coefficient (Wildman–Crippen LogP) is 1.98. The highest BCUT2D eigenvalue weighted by atomic mass is 79.9. The second-order valence-electron chi connectivity index (χ2n) is 6.05. The van der Waals surface area contributed by atoms with Gasteiger partial charge in [-0.2, -0.15) is 5.10 Å². The molecule has 2 N–H and O–H groups in total. The first-order valence-electron chi connectivity index (χ1n) is 7.18. The number of rotatable bonds is 3. The summed E-state index contributed by atoms with van der Waals surface area (Å²) >= 11 is 3.45. The maximum absolute atomic E-state index is 12.3. The first-order chi connectivity index (χ1) is 9.40. The normalized spacial score (nSPS) is 23.4. The zero-order chi connectivity index (χ0) is 14.9. The standard InChI is InChI=1S/C14H23BrN4O/c1-9(2)8-19-14(20)13(15)12(7-17-19)18-5-4-11(16)6-10(18)3/h7,9-11H,4-6,8,16H2,1-3H3. The predicted molar refractivity (Wildman–Crippen MR) is 85.1 cm³/mol. The van der Waals surface area contributed by atoms with Crippen LogP contribution in [0.1, 0.15) is 33.6 Å². The van der Waals surface area contributed by atoms with E-state index in [9.17, 15) is 4.79 Å². The van der Waals surface area contributed by atoms with Crippen LogP contribution in [0.15, 0.2) is 15.5 Å². The van der Waals surface area contributed by atoms with Crippen molar-refractivity contribution in [3.8, 4) is 0 Å². The summed E-state index contributed by atoms with van der Waals surface area (Å²) in [5, 5.41) is 4.31. The average molecular weight is 343 g/mol. The van der Waals surface area contributed by atoms with E-state index in [4.69, 9.17) is 5.73 Å². The molecule has 1 aliphatic heterocycles. The molecule has 5 nitrogen and oxygen atoms in total. The molecule has 20 heavy (non-hydrogen) atoms. The fourth-order valence-corrected chi connectivity index (χ4v) is 3.23. The average Bonchev–Trinajstić information content (AvgIpc) is 2.36. The molecule has 2 heterocycles. The summed E-state index contributed by atoms with van der Waals surface area (Å²) < 4.78 is 2.13. The van der Waals surface area contributed by atoms with Crippen LogP contribution >= 0.6 is 15.9 Å². The van der Waals surface area contributed by atoms with Gasteiger partial charge < -0.3 is 10.6 Å². The Morgan fingerprint density at radius 1 is 1.55 bits per heavy atom. The molecule has 1 aromatic rings. The van der Waals surface area contributed by atoms with Crippen LogP contribution in [0.4, 0.5) is 5.69 Å². The molecular weight excluding hydrogens is 320 g/mol. The Morgan fingerprint density at radius 3 is 2.85 bits per heavy atom. The van der Waals surface area contributed by atoms with E-state index < -0.39 is 0 Å². The summed E-state index contributed by atoms with van der Waals surface area (Å²) in [5.41, 5.74) is 6.82. The molecule has 6 heteroatoms. The molecule has 2 rings (SSSR count). The second kappa shape index (κ2) is 6.26. The van der Waals surface area contributed by atoms with Gasteiger partial charge in [0.1, 0.15) is 4.47 Å². The SMILES string of the molecule is CC(C)Cn1ncc(N2CCC(N)CC2C)c(Br)c1=O. The molecule has 0 aromatic carbocycles. The first-order valence-corrected chi connectivity index (χ1v) is 7.97. The Kier molecular flexibility index (Phi) is 4.86. The molecule has 1 fully saturated rings. The van der Waals surface area contributed by atoms with Gasteiger partial charge in [-0.3, -0.25) is 4.79 Å². The Labute approximate surface area is 128 Å². The molecule has 1 aliphatic rings. The lowest BCUT2D eigenvalue weighted by Crippen LogP contribution is -2.46. The van der Waals surface area contributed by atoms with E-state index in [2.05, 4.69) is 46.7 Å². The van der Waals surface area contributed by atoms with Gasteiger partial charge in [0.15, 0.2) is 0 Å². The molecule has 112 valence electrons. The Balaban J connectivity index is 2.30. The zero-order valence-electron chi connectivity index (χ0n) is 12.3. The fourth-order valence-electron chi connectivity index (χ4n) is 2.70. The van der Waals surface area contributed by atoms with Crippen LogP contribution in [0.3, 0.4) is 0 Å². The number of hydrogen-bond donors (Lipinski definition) is 1. The maximum atomic E-state index is 12.3. The number of nitrogens with zero attached hydrogens (tertiary/aromatic N) is 3. The highest BCUT2D eigenvalue weighted by Crippen LogP contribution is 2.28. The molecule has 0 aliphatic carbocycles. The van der Waals surface area contributed by atoms with Crippen molar-refractivity contribution in [2.45, 2.75) is 52.2 Å². The van der Waals surface area contributed by atoms with Crippen molar-refractivity contribution < 1.29 is 0 Å². The largest absolute Gasteiger partial charge is 0.366 e. The number of anilines is 1. The Bertz CT molecular complexity index is 528. The van der Waals surface area contributed by atoms with Gasteiger partial charge in [-0.25, -0.2) is 4.68 Å². The van der Waals surface area contributed by atoms with E-state index in [1.54, 1.807) is 6.20 Å². The van der Waals surface area contributed by atoms with Crippen molar-refractivity contribution in [2.24, 2.45) is 11.7 Å². The number of aromatic nitrogens is 2. The summed E-state index contributed by atoms with van der Waals surface area (Å²) in [6.45, 7) is 7.80. The topological polar surface area (TPSA) is 64.2 Å². The molecule has 1 aromatic heterocycles. The number of nitrogens with two attached hydrogens (primary N) is 1. The van der Waals surface area contributed by atoms with Gasteiger partial charge in [0.2, 0.25) is 0 Å². The molecule has 0 spiro atoms. The van der Waals surface area contributed by atoms with Gasteiger partial charge in [-0.1, -0.05) is 13.8 Å². The molecule has 0 radical (unpaired) electrons. The third kappa shape index (κ3) is 3.23. The Morgan fingerprint density at radius 2 is 2.25 bits per heavy atom. The summed E-state index contributed by atoms with van der Waals surface area (Å²) in [6, 6.07) is 0.589. The maximum Gasteiger partial charge on any atom is 0.283 e. The number of piperidine rings is 1. The van der Waals surface area contributed by atoms with Gasteiger partial charge in [-0.05, 0) is 41.6 Å². The highest BCUT2D eigenvalue weighted by Gasteiger charge is 2.26. The lowest BCUT2D eigenvalue weighted by molar-refractivity contribution is 0.425. The van der Waals surface area contributed by atoms with Crippen molar-refractivity contribution in [1.82, 2.24) is 9.78 Å². The van der Waals surface area contributed by atoms with E-state index in [1.165, 1.54) is 4.68 Å². The smallest absolute Gasteiger partial charge is 0.283 e. The monoisotopic (exact) mass is 342 g/mol. The number of hydrogen-bond acceptors (Lipinski definition) is 4. The Hall–Kier alpha value is -0.880. The van der Waals surface area contributed by atoms with E-state index in [0.717, 1.165) is 25.1 Å².